The highest BCUT2D eigenvalue weighted by atomic mass is 32.1. The highest BCUT2D eigenvalue weighted by Crippen LogP contribution is 2.08. The Kier molecular flexibility index (Phi) is 5.00. The fourth-order valence-electron chi connectivity index (χ4n) is 1.07. The molecule has 13 heavy (non-hydrogen) atoms. The van der Waals surface area contributed by atoms with Gasteiger partial charge in [0.2, 0.25) is 0 Å². The minimum Gasteiger partial charge on any atom is -0.396 e. The predicted molar refractivity (Wildman–Crippen MR) is 53.7 cm³/mol. The Morgan fingerprint density at radius 3 is 2.85 bits per heavy atom. The molecule has 0 fully saturated rings. The van der Waals surface area contributed by atoms with Gasteiger partial charge in [-0.3, -0.25) is 0 Å². The summed E-state index contributed by atoms with van der Waals surface area (Å²) in [5, 5.41) is 22.8. The number of thiophene rings is 1. The minimum absolute atomic E-state index is 0.00657. The molecular formula is C9H15NO2S. The summed E-state index contributed by atoms with van der Waals surface area (Å²) in [7, 11) is 0. The fourth-order valence-corrected chi connectivity index (χ4v) is 1.73. The number of aliphatic hydroxyl groups excluding tert-OH is 2. The lowest BCUT2D eigenvalue weighted by Crippen LogP contribution is -2.32. The zero-order chi connectivity index (χ0) is 9.52. The molecule has 3 N–H and O–H groups in total. The van der Waals surface area contributed by atoms with Gasteiger partial charge in [0.15, 0.2) is 0 Å². The third-order valence-corrected chi connectivity index (χ3v) is 2.72. The molecule has 0 amide bonds. The molecule has 0 aliphatic rings. The molecule has 3 nitrogen and oxygen atoms in total. The monoisotopic (exact) mass is 201 g/mol. The summed E-state index contributed by atoms with van der Waals surface area (Å²) < 4.78 is 0. The van der Waals surface area contributed by atoms with Gasteiger partial charge in [-0.15, -0.1) is 11.3 Å². The molecule has 1 atom stereocenters. The molecule has 0 bridgehead atoms. The van der Waals surface area contributed by atoms with Crippen molar-refractivity contribution in [1.29, 1.82) is 0 Å². The third kappa shape index (κ3) is 3.87. The number of rotatable bonds is 6. The Morgan fingerprint density at radius 2 is 2.31 bits per heavy atom. The summed E-state index contributed by atoms with van der Waals surface area (Å²) >= 11 is 1.69. The molecule has 0 aliphatic carbocycles. The molecule has 1 rings (SSSR count). The highest BCUT2D eigenvalue weighted by Gasteiger charge is 2.05. The van der Waals surface area contributed by atoms with Crippen molar-refractivity contribution in [2.75, 3.05) is 13.2 Å². The molecular weight excluding hydrogens is 186 g/mol. The van der Waals surface area contributed by atoms with E-state index in [2.05, 4.69) is 5.32 Å². The van der Waals surface area contributed by atoms with Crippen LogP contribution in [0.4, 0.5) is 0 Å². The van der Waals surface area contributed by atoms with Crippen LogP contribution in [0.1, 0.15) is 11.3 Å². The van der Waals surface area contributed by atoms with Crippen LogP contribution in [-0.4, -0.2) is 29.5 Å². The number of aliphatic hydroxyl groups is 2. The molecule has 0 aliphatic heterocycles. The lowest BCUT2D eigenvalue weighted by atomic mass is 10.2. The largest absolute Gasteiger partial charge is 0.396 e. The average molecular weight is 201 g/mol. The predicted octanol–water partition coefficient (Wildman–Crippen LogP) is 0.581. The smallest absolute Gasteiger partial charge is 0.0585 e. The van der Waals surface area contributed by atoms with Crippen LogP contribution in [0.25, 0.3) is 0 Å². The van der Waals surface area contributed by atoms with Gasteiger partial charge in [-0.05, 0) is 17.9 Å². The number of hydrogen-bond donors (Lipinski definition) is 3. The van der Waals surface area contributed by atoms with E-state index in [4.69, 9.17) is 10.2 Å². The Bertz CT molecular complexity index is 213. The molecule has 0 spiro atoms. The van der Waals surface area contributed by atoms with Crippen LogP contribution in [0.2, 0.25) is 0 Å². The fraction of sp³-hybridized carbons (Fsp3) is 0.556. The summed E-state index contributed by atoms with van der Waals surface area (Å²) in [5.41, 5.74) is 0. The minimum atomic E-state index is 0.00657. The molecule has 4 heteroatoms. The lowest BCUT2D eigenvalue weighted by Gasteiger charge is -2.13. The second kappa shape index (κ2) is 6.10. The van der Waals surface area contributed by atoms with Crippen molar-refractivity contribution in [1.82, 2.24) is 5.32 Å². The van der Waals surface area contributed by atoms with E-state index in [-0.39, 0.29) is 19.3 Å². The second-order valence-corrected chi connectivity index (χ2v) is 3.88. The molecule has 0 saturated carbocycles. The summed E-state index contributed by atoms with van der Waals surface area (Å²) in [6.07, 6.45) is 0.599. The van der Waals surface area contributed by atoms with Gasteiger partial charge in [0, 0.05) is 24.1 Å². The first-order valence-electron chi connectivity index (χ1n) is 4.34. The highest BCUT2D eigenvalue weighted by molar-refractivity contribution is 7.09. The normalized spacial score (nSPS) is 13.1. The Morgan fingerprint density at radius 1 is 1.46 bits per heavy atom. The van der Waals surface area contributed by atoms with Crippen LogP contribution in [0.15, 0.2) is 17.5 Å². The summed E-state index contributed by atoms with van der Waals surface area (Å²) in [5.74, 6) is 0. The van der Waals surface area contributed by atoms with Gasteiger partial charge in [0.1, 0.15) is 0 Å². The molecule has 0 aromatic carbocycles. The molecule has 1 aromatic heterocycles. The first-order valence-corrected chi connectivity index (χ1v) is 5.22. The average Bonchev–Trinajstić information content (AvgIpc) is 2.64. The van der Waals surface area contributed by atoms with Gasteiger partial charge in [-0.25, -0.2) is 0 Å². The SMILES string of the molecule is OCCC(CO)NCc1cccs1. The molecule has 1 aromatic rings. The van der Waals surface area contributed by atoms with E-state index in [9.17, 15) is 0 Å². The lowest BCUT2D eigenvalue weighted by molar-refractivity contribution is 0.200. The van der Waals surface area contributed by atoms with Crippen molar-refractivity contribution in [3.05, 3.63) is 22.4 Å². The zero-order valence-corrected chi connectivity index (χ0v) is 8.26. The maximum absolute atomic E-state index is 8.92. The zero-order valence-electron chi connectivity index (χ0n) is 7.44. The van der Waals surface area contributed by atoms with Gasteiger partial charge >= 0.3 is 0 Å². The third-order valence-electron chi connectivity index (χ3n) is 1.84. The van der Waals surface area contributed by atoms with Crippen LogP contribution in [0.3, 0.4) is 0 Å². The summed E-state index contributed by atoms with van der Waals surface area (Å²) in [6, 6.07) is 4.05. The molecule has 0 saturated heterocycles. The van der Waals surface area contributed by atoms with Gasteiger partial charge in [-0.2, -0.15) is 0 Å². The second-order valence-electron chi connectivity index (χ2n) is 2.85. The van der Waals surface area contributed by atoms with E-state index in [0.29, 0.717) is 6.42 Å². The topological polar surface area (TPSA) is 52.5 Å². The first-order chi connectivity index (χ1) is 6.36. The van der Waals surface area contributed by atoms with Gasteiger partial charge in [-0.1, -0.05) is 6.07 Å². The maximum atomic E-state index is 8.92. The van der Waals surface area contributed by atoms with Crippen LogP contribution < -0.4 is 5.32 Å². The van der Waals surface area contributed by atoms with Gasteiger partial charge in [0.25, 0.3) is 0 Å². The number of nitrogens with one attached hydrogen (secondary N) is 1. The van der Waals surface area contributed by atoms with E-state index in [1.807, 2.05) is 17.5 Å². The Balaban J connectivity index is 2.23. The van der Waals surface area contributed by atoms with Gasteiger partial charge in [0.05, 0.1) is 6.61 Å². The van der Waals surface area contributed by atoms with E-state index in [0.717, 1.165) is 6.54 Å². The van der Waals surface area contributed by atoms with E-state index in [1.165, 1.54) is 4.88 Å². The quantitative estimate of drug-likeness (QED) is 0.631. The van der Waals surface area contributed by atoms with Crippen LogP contribution in [-0.2, 0) is 6.54 Å². The van der Waals surface area contributed by atoms with Crippen molar-refractivity contribution in [3.8, 4) is 0 Å². The van der Waals surface area contributed by atoms with Crippen molar-refractivity contribution in [2.24, 2.45) is 0 Å². The van der Waals surface area contributed by atoms with Crippen molar-refractivity contribution >= 4 is 11.3 Å². The first kappa shape index (κ1) is 10.7. The van der Waals surface area contributed by atoms with Crippen molar-refractivity contribution in [2.45, 2.75) is 19.0 Å². The van der Waals surface area contributed by atoms with Crippen molar-refractivity contribution in [3.63, 3.8) is 0 Å². The molecule has 1 heterocycles. The van der Waals surface area contributed by atoms with Gasteiger partial charge < -0.3 is 15.5 Å². The standard InChI is InChI=1S/C9H15NO2S/c11-4-3-8(7-12)10-6-9-2-1-5-13-9/h1-2,5,8,10-12H,3-4,6-7H2. The van der Waals surface area contributed by atoms with E-state index < -0.39 is 0 Å². The Labute approximate surface area is 82.0 Å². The Hall–Kier alpha value is -0.420. The molecule has 0 radical (unpaired) electrons. The van der Waals surface area contributed by atoms with Crippen LogP contribution in [0.5, 0.6) is 0 Å². The summed E-state index contributed by atoms with van der Waals surface area (Å²) in [4.78, 5) is 1.25. The van der Waals surface area contributed by atoms with E-state index in [1.54, 1.807) is 11.3 Å². The van der Waals surface area contributed by atoms with E-state index >= 15 is 0 Å². The van der Waals surface area contributed by atoms with Crippen LogP contribution >= 0.6 is 11.3 Å². The van der Waals surface area contributed by atoms with Crippen LogP contribution in [0, 0.1) is 0 Å². The molecule has 1 unspecified atom stereocenters. The van der Waals surface area contributed by atoms with Crippen molar-refractivity contribution < 1.29 is 10.2 Å². The molecule has 74 valence electrons. The maximum Gasteiger partial charge on any atom is 0.0585 e. The number of hydrogen-bond acceptors (Lipinski definition) is 4. The summed E-state index contributed by atoms with van der Waals surface area (Å²) in [6.45, 7) is 0.956.